The van der Waals surface area contributed by atoms with E-state index >= 15 is 0 Å². The van der Waals surface area contributed by atoms with Crippen molar-refractivity contribution in [3.8, 4) is 0 Å². The molecule has 1 amide bonds. The molecule has 0 unspecified atom stereocenters. The summed E-state index contributed by atoms with van der Waals surface area (Å²) in [5.41, 5.74) is 4.96. The maximum atomic E-state index is 11.2. The molecule has 0 spiro atoms. The van der Waals surface area contributed by atoms with E-state index < -0.39 is 5.60 Å². The van der Waals surface area contributed by atoms with Gasteiger partial charge in [0.05, 0.1) is 0 Å². The third-order valence-electron chi connectivity index (χ3n) is 1.65. The first-order valence-electron chi connectivity index (χ1n) is 5.02. The third kappa shape index (κ3) is 7.86. The van der Waals surface area contributed by atoms with Crippen molar-refractivity contribution in [3.63, 3.8) is 0 Å². The summed E-state index contributed by atoms with van der Waals surface area (Å²) in [5.74, 6) is 0.396. The van der Waals surface area contributed by atoms with Gasteiger partial charge < -0.3 is 15.8 Å². The van der Waals surface area contributed by atoms with Crippen molar-refractivity contribution in [2.75, 3.05) is 13.1 Å². The van der Waals surface area contributed by atoms with Crippen LogP contribution in [0.2, 0.25) is 0 Å². The van der Waals surface area contributed by atoms with E-state index in [-0.39, 0.29) is 6.09 Å². The Balaban J connectivity index is 3.64. The highest BCUT2D eigenvalue weighted by Gasteiger charge is 2.16. The number of rotatable bonds is 4. The molecule has 14 heavy (non-hydrogen) atoms. The lowest BCUT2D eigenvalue weighted by Crippen LogP contribution is -2.35. The van der Waals surface area contributed by atoms with Crippen LogP contribution in [0.1, 0.15) is 34.1 Å². The summed E-state index contributed by atoms with van der Waals surface area (Å²) in [5, 5.41) is 2.71. The monoisotopic (exact) mass is 202 g/mol. The van der Waals surface area contributed by atoms with Gasteiger partial charge in [-0.05, 0) is 39.7 Å². The highest BCUT2D eigenvalue weighted by Crippen LogP contribution is 2.06. The van der Waals surface area contributed by atoms with E-state index in [0.717, 1.165) is 6.42 Å². The Kier molecular flexibility index (Phi) is 5.53. The molecule has 84 valence electrons. The largest absolute Gasteiger partial charge is 0.444 e. The van der Waals surface area contributed by atoms with Crippen molar-refractivity contribution >= 4 is 6.09 Å². The summed E-state index contributed by atoms with van der Waals surface area (Å²) in [7, 11) is 0. The van der Waals surface area contributed by atoms with E-state index in [9.17, 15) is 4.79 Å². The molecule has 0 saturated heterocycles. The second-order valence-electron chi connectivity index (χ2n) is 4.57. The Morgan fingerprint density at radius 3 is 2.50 bits per heavy atom. The van der Waals surface area contributed by atoms with Crippen molar-refractivity contribution < 1.29 is 9.53 Å². The lowest BCUT2D eigenvalue weighted by Gasteiger charge is -2.20. The Morgan fingerprint density at radius 2 is 2.07 bits per heavy atom. The molecular formula is C10H22N2O2. The zero-order valence-electron chi connectivity index (χ0n) is 9.59. The molecule has 0 aliphatic carbocycles. The lowest BCUT2D eigenvalue weighted by atomic mass is 10.1. The quantitative estimate of drug-likeness (QED) is 0.726. The van der Waals surface area contributed by atoms with Crippen LogP contribution in [0, 0.1) is 5.92 Å². The van der Waals surface area contributed by atoms with Gasteiger partial charge in [0.1, 0.15) is 5.60 Å². The average molecular weight is 202 g/mol. The van der Waals surface area contributed by atoms with Crippen LogP contribution in [-0.4, -0.2) is 24.8 Å². The molecule has 0 aromatic heterocycles. The summed E-state index contributed by atoms with van der Waals surface area (Å²) < 4.78 is 5.08. The first kappa shape index (κ1) is 13.2. The predicted octanol–water partition coefficient (Wildman–Crippen LogP) is 1.50. The van der Waals surface area contributed by atoms with Gasteiger partial charge in [-0.1, -0.05) is 6.92 Å². The number of ether oxygens (including phenoxy) is 1. The van der Waals surface area contributed by atoms with Gasteiger partial charge in [-0.2, -0.15) is 0 Å². The topological polar surface area (TPSA) is 64.3 Å². The fourth-order valence-corrected chi connectivity index (χ4v) is 0.958. The fraction of sp³-hybridized carbons (Fsp3) is 0.900. The number of carbonyl (C=O) groups excluding carboxylic acids is 1. The molecule has 0 radical (unpaired) electrons. The number of amides is 1. The summed E-state index contributed by atoms with van der Waals surface area (Å²) in [6, 6.07) is 0. The van der Waals surface area contributed by atoms with Gasteiger partial charge in [0.15, 0.2) is 0 Å². The summed E-state index contributed by atoms with van der Waals surface area (Å²) in [6.07, 6.45) is 0.553. The minimum atomic E-state index is -0.429. The van der Waals surface area contributed by atoms with Crippen molar-refractivity contribution in [1.29, 1.82) is 0 Å². The maximum absolute atomic E-state index is 11.2. The number of alkyl carbamates (subject to hydrolysis) is 1. The third-order valence-corrected chi connectivity index (χ3v) is 1.65. The molecular weight excluding hydrogens is 180 g/mol. The van der Waals surface area contributed by atoms with E-state index in [1.807, 2.05) is 27.7 Å². The zero-order valence-corrected chi connectivity index (χ0v) is 9.59. The van der Waals surface area contributed by atoms with E-state index in [4.69, 9.17) is 10.5 Å². The van der Waals surface area contributed by atoms with Gasteiger partial charge in [0, 0.05) is 6.54 Å². The molecule has 1 atom stereocenters. The summed E-state index contributed by atoms with van der Waals surface area (Å²) >= 11 is 0. The first-order chi connectivity index (χ1) is 6.35. The van der Waals surface area contributed by atoms with Crippen molar-refractivity contribution in [2.45, 2.75) is 39.7 Å². The molecule has 0 aliphatic heterocycles. The predicted molar refractivity (Wildman–Crippen MR) is 57.1 cm³/mol. The summed E-state index contributed by atoms with van der Waals surface area (Å²) in [6.45, 7) is 8.84. The molecule has 0 saturated carbocycles. The average Bonchev–Trinajstić information content (AvgIpc) is 1.98. The molecule has 3 N–H and O–H groups in total. The van der Waals surface area contributed by atoms with Crippen molar-refractivity contribution in [2.24, 2.45) is 11.7 Å². The maximum Gasteiger partial charge on any atom is 0.407 e. The van der Waals surface area contributed by atoms with Crippen molar-refractivity contribution in [3.05, 3.63) is 0 Å². The fourth-order valence-electron chi connectivity index (χ4n) is 0.958. The molecule has 0 bridgehead atoms. The molecule has 0 heterocycles. The number of hydrogen-bond acceptors (Lipinski definition) is 3. The van der Waals surface area contributed by atoms with Gasteiger partial charge in [0.2, 0.25) is 0 Å². The number of hydrogen-bond donors (Lipinski definition) is 2. The molecule has 4 heteroatoms. The highest BCUT2D eigenvalue weighted by atomic mass is 16.6. The van der Waals surface area contributed by atoms with Crippen LogP contribution in [0.3, 0.4) is 0 Å². The van der Waals surface area contributed by atoms with Crippen LogP contribution in [0.25, 0.3) is 0 Å². The number of carbonyl (C=O) groups is 1. The minimum absolute atomic E-state index is 0.360. The lowest BCUT2D eigenvalue weighted by molar-refractivity contribution is 0.0520. The second-order valence-corrected chi connectivity index (χ2v) is 4.57. The normalized spacial score (nSPS) is 13.5. The standard InChI is InChI=1S/C10H22N2O2/c1-8(5-6-11)7-12-9(13)14-10(2,3)4/h8H,5-7,11H2,1-4H3,(H,12,13)/t8-/m0/s1. The van der Waals surface area contributed by atoms with Gasteiger partial charge >= 0.3 is 6.09 Å². The summed E-state index contributed by atoms with van der Waals surface area (Å²) in [4.78, 5) is 11.2. The van der Waals surface area contributed by atoms with Crippen LogP contribution in [-0.2, 0) is 4.74 Å². The number of nitrogens with two attached hydrogens (primary N) is 1. The molecule has 0 fully saturated rings. The number of nitrogens with one attached hydrogen (secondary N) is 1. The van der Waals surface area contributed by atoms with Gasteiger partial charge in [-0.15, -0.1) is 0 Å². The Morgan fingerprint density at radius 1 is 1.50 bits per heavy atom. The molecule has 0 rings (SSSR count). The molecule has 0 aromatic rings. The van der Waals surface area contributed by atoms with E-state index in [1.54, 1.807) is 0 Å². The molecule has 4 nitrogen and oxygen atoms in total. The Labute approximate surface area is 86.2 Å². The Bertz CT molecular complexity index is 175. The van der Waals surface area contributed by atoms with Crippen molar-refractivity contribution in [1.82, 2.24) is 5.32 Å². The van der Waals surface area contributed by atoms with E-state index in [1.165, 1.54) is 0 Å². The van der Waals surface area contributed by atoms with Gasteiger partial charge in [0.25, 0.3) is 0 Å². The van der Waals surface area contributed by atoms with Crippen LogP contribution in [0.5, 0.6) is 0 Å². The van der Waals surface area contributed by atoms with Gasteiger partial charge in [-0.25, -0.2) is 4.79 Å². The van der Waals surface area contributed by atoms with Crippen LogP contribution >= 0.6 is 0 Å². The SMILES string of the molecule is C[C@@H](CCN)CNC(=O)OC(C)(C)C. The molecule has 0 aliphatic rings. The molecule has 0 aromatic carbocycles. The minimum Gasteiger partial charge on any atom is -0.444 e. The van der Waals surface area contributed by atoms with Crippen LogP contribution < -0.4 is 11.1 Å². The zero-order chi connectivity index (χ0) is 11.2. The second kappa shape index (κ2) is 5.86. The Hall–Kier alpha value is -0.770. The van der Waals surface area contributed by atoms with Crippen LogP contribution in [0.15, 0.2) is 0 Å². The smallest absolute Gasteiger partial charge is 0.407 e. The van der Waals surface area contributed by atoms with Crippen LogP contribution in [0.4, 0.5) is 4.79 Å². The van der Waals surface area contributed by atoms with Gasteiger partial charge in [-0.3, -0.25) is 0 Å². The van der Waals surface area contributed by atoms with E-state index in [2.05, 4.69) is 5.32 Å². The van der Waals surface area contributed by atoms with E-state index in [0.29, 0.717) is 19.0 Å². The highest BCUT2D eigenvalue weighted by molar-refractivity contribution is 5.67. The first-order valence-corrected chi connectivity index (χ1v) is 5.02.